The van der Waals surface area contributed by atoms with E-state index in [1.807, 2.05) is 44.2 Å². The molecule has 3 aromatic rings. The molecule has 3 rings (SSSR count). The zero-order valence-electron chi connectivity index (χ0n) is 17.6. The van der Waals surface area contributed by atoms with E-state index in [4.69, 9.17) is 21.1 Å². The number of hydrogen-bond acceptors (Lipinski definition) is 4. The summed E-state index contributed by atoms with van der Waals surface area (Å²) in [7, 11) is 0. The molecule has 0 aliphatic rings. The van der Waals surface area contributed by atoms with Crippen molar-refractivity contribution in [3.63, 3.8) is 0 Å². The van der Waals surface area contributed by atoms with Crippen molar-refractivity contribution < 1.29 is 14.3 Å². The Hall–Kier alpha value is -3.31. The normalized spacial score (nSPS) is 10.8. The van der Waals surface area contributed by atoms with Crippen molar-refractivity contribution in [2.24, 2.45) is 5.10 Å². The first-order valence-electron chi connectivity index (χ1n) is 10.0. The number of hydrazone groups is 1. The molecule has 0 atom stereocenters. The third kappa shape index (κ3) is 6.86. The van der Waals surface area contributed by atoms with Crippen molar-refractivity contribution in [3.8, 4) is 11.5 Å². The lowest BCUT2D eigenvalue weighted by Crippen LogP contribution is -2.17. The number of hydrogen-bond donors (Lipinski definition) is 1. The molecule has 6 heteroatoms. The van der Waals surface area contributed by atoms with E-state index >= 15 is 0 Å². The van der Waals surface area contributed by atoms with E-state index in [1.54, 1.807) is 30.5 Å². The Kier molecular flexibility index (Phi) is 8.07. The molecule has 0 heterocycles. The van der Waals surface area contributed by atoms with E-state index < -0.39 is 0 Å². The maximum atomic E-state index is 12.1. The van der Waals surface area contributed by atoms with Crippen molar-refractivity contribution in [2.75, 3.05) is 13.2 Å². The van der Waals surface area contributed by atoms with E-state index in [0.717, 1.165) is 23.3 Å². The SMILES string of the molecule is Cc1ccc(C)c(OCCCOc2ccccc2C=NNC(=O)c2cccc(Cl)c2)c1. The quantitative estimate of drug-likeness (QED) is 0.271. The van der Waals surface area contributed by atoms with Crippen LogP contribution in [0.5, 0.6) is 11.5 Å². The van der Waals surface area contributed by atoms with Gasteiger partial charge in [0.05, 0.1) is 19.4 Å². The van der Waals surface area contributed by atoms with E-state index in [2.05, 4.69) is 22.7 Å². The molecule has 3 aromatic carbocycles. The van der Waals surface area contributed by atoms with E-state index in [-0.39, 0.29) is 5.91 Å². The Balaban J connectivity index is 1.49. The second-order valence-corrected chi connectivity index (χ2v) is 7.50. The number of halogens is 1. The van der Waals surface area contributed by atoms with Gasteiger partial charge in [0.2, 0.25) is 0 Å². The van der Waals surface area contributed by atoms with E-state index in [1.165, 1.54) is 5.56 Å². The molecule has 0 unspecified atom stereocenters. The maximum absolute atomic E-state index is 12.1. The van der Waals surface area contributed by atoms with Crippen LogP contribution in [0.2, 0.25) is 5.02 Å². The predicted molar refractivity (Wildman–Crippen MR) is 124 cm³/mol. The Labute approximate surface area is 187 Å². The highest BCUT2D eigenvalue weighted by molar-refractivity contribution is 6.30. The lowest BCUT2D eigenvalue weighted by Gasteiger charge is -2.11. The molecular weight excluding hydrogens is 412 g/mol. The molecular formula is C25H25ClN2O3. The van der Waals surface area contributed by atoms with Crippen molar-refractivity contribution in [2.45, 2.75) is 20.3 Å². The summed E-state index contributed by atoms with van der Waals surface area (Å²) in [6.07, 6.45) is 2.30. The minimum absolute atomic E-state index is 0.333. The molecule has 1 amide bonds. The highest BCUT2D eigenvalue weighted by Crippen LogP contribution is 2.20. The van der Waals surface area contributed by atoms with Crippen LogP contribution in [-0.2, 0) is 0 Å². The molecule has 31 heavy (non-hydrogen) atoms. The minimum atomic E-state index is -0.333. The average molecular weight is 437 g/mol. The highest BCUT2D eigenvalue weighted by Gasteiger charge is 2.05. The summed E-state index contributed by atoms with van der Waals surface area (Å²) in [4.78, 5) is 12.1. The van der Waals surface area contributed by atoms with Gasteiger partial charge < -0.3 is 9.47 Å². The summed E-state index contributed by atoms with van der Waals surface area (Å²) in [5.41, 5.74) is 6.01. The second-order valence-electron chi connectivity index (χ2n) is 7.07. The molecule has 0 aliphatic carbocycles. The summed E-state index contributed by atoms with van der Waals surface area (Å²) in [5.74, 6) is 1.26. The molecule has 0 saturated carbocycles. The monoisotopic (exact) mass is 436 g/mol. The fraction of sp³-hybridized carbons (Fsp3) is 0.200. The van der Waals surface area contributed by atoms with Crippen LogP contribution >= 0.6 is 11.6 Å². The van der Waals surface area contributed by atoms with Crippen molar-refractivity contribution in [3.05, 3.63) is 94.0 Å². The Morgan fingerprint density at radius 3 is 2.55 bits per heavy atom. The van der Waals surface area contributed by atoms with Gasteiger partial charge in [0, 0.05) is 22.6 Å². The molecule has 0 radical (unpaired) electrons. The van der Waals surface area contributed by atoms with Gasteiger partial charge in [-0.15, -0.1) is 0 Å². The van der Waals surface area contributed by atoms with Crippen LogP contribution in [0, 0.1) is 13.8 Å². The number of nitrogens with zero attached hydrogens (tertiary/aromatic N) is 1. The van der Waals surface area contributed by atoms with Crippen LogP contribution < -0.4 is 14.9 Å². The number of benzene rings is 3. The molecule has 0 bridgehead atoms. The van der Waals surface area contributed by atoms with Crippen LogP contribution in [0.4, 0.5) is 0 Å². The van der Waals surface area contributed by atoms with Gasteiger partial charge >= 0.3 is 0 Å². The fourth-order valence-electron chi connectivity index (χ4n) is 2.86. The van der Waals surface area contributed by atoms with Crippen molar-refractivity contribution in [1.29, 1.82) is 0 Å². The highest BCUT2D eigenvalue weighted by atomic mass is 35.5. The fourth-order valence-corrected chi connectivity index (χ4v) is 3.05. The zero-order valence-corrected chi connectivity index (χ0v) is 18.4. The molecule has 160 valence electrons. The Morgan fingerprint density at radius 2 is 1.74 bits per heavy atom. The smallest absolute Gasteiger partial charge is 0.271 e. The van der Waals surface area contributed by atoms with Gasteiger partial charge in [0.1, 0.15) is 11.5 Å². The first-order valence-corrected chi connectivity index (χ1v) is 10.4. The molecule has 0 aromatic heterocycles. The molecule has 5 nitrogen and oxygen atoms in total. The number of carbonyl (C=O) groups excluding carboxylic acids is 1. The molecule has 0 aliphatic heterocycles. The lowest BCUT2D eigenvalue weighted by atomic mass is 10.1. The van der Waals surface area contributed by atoms with Gasteiger partial charge in [-0.2, -0.15) is 5.10 Å². The van der Waals surface area contributed by atoms with Crippen LogP contribution in [-0.4, -0.2) is 25.3 Å². The van der Waals surface area contributed by atoms with Gasteiger partial charge in [-0.3, -0.25) is 4.79 Å². The zero-order chi connectivity index (χ0) is 22.1. The summed E-state index contributed by atoms with van der Waals surface area (Å²) < 4.78 is 11.7. The van der Waals surface area contributed by atoms with E-state index in [9.17, 15) is 4.79 Å². The number of nitrogens with one attached hydrogen (secondary N) is 1. The van der Waals surface area contributed by atoms with Gasteiger partial charge in [-0.1, -0.05) is 41.9 Å². The standard InChI is InChI=1S/C25H25ClN2O3/c1-18-11-12-19(2)24(15-18)31-14-6-13-30-23-10-4-3-7-21(23)17-27-28-25(29)20-8-5-9-22(26)16-20/h3-5,7-12,15-17H,6,13-14H2,1-2H3,(H,28,29). The Bertz CT molecular complexity index is 1070. The minimum Gasteiger partial charge on any atom is -0.493 e. The number of rotatable bonds is 9. The van der Waals surface area contributed by atoms with Crippen LogP contribution in [0.15, 0.2) is 71.8 Å². The topological polar surface area (TPSA) is 59.9 Å². The van der Waals surface area contributed by atoms with E-state index in [0.29, 0.717) is 29.5 Å². The molecule has 0 fully saturated rings. The Morgan fingerprint density at radius 1 is 0.968 bits per heavy atom. The third-order valence-corrected chi connectivity index (χ3v) is 4.76. The number of carbonyl (C=O) groups is 1. The summed E-state index contributed by atoms with van der Waals surface area (Å²) >= 11 is 5.92. The van der Waals surface area contributed by atoms with Crippen LogP contribution in [0.25, 0.3) is 0 Å². The molecule has 0 spiro atoms. The van der Waals surface area contributed by atoms with Gasteiger partial charge in [0.25, 0.3) is 5.91 Å². The average Bonchev–Trinajstić information content (AvgIpc) is 2.76. The molecule has 1 N–H and O–H groups in total. The van der Waals surface area contributed by atoms with Gasteiger partial charge in [-0.25, -0.2) is 5.43 Å². The maximum Gasteiger partial charge on any atom is 0.271 e. The molecule has 0 saturated heterocycles. The first kappa shape index (κ1) is 22.4. The number of amides is 1. The number of ether oxygens (including phenoxy) is 2. The summed E-state index contributed by atoms with van der Waals surface area (Å²) in [6.45, 7) is 5.15. The van der Waals surface area contributed by atoms with Crippen molar-refractivity contribution in [1.82, 2.24) is 5.43 Å². The second kappa shape index (κ2) is 11.2. The number of para-hydroxylation sites is 1. The summed E-state index contributed by atoms with van der Waals surface area (Å²) in [5, 5.41) is 4.54. The third-order valence-electron chi connectivity index (χ3n) is 4.52. The van der Waals surface area contributed by atoms with Crippen LogP contribution in [0.1, 0.15) is 33.5 Å². The largest absolute Gasteiger partial charge is 0.493 e. The van der Waals surface area contributed by atoms with Gasteiger partial charge in [0.15, 0.2) is 0 Å². The van der Waals surface area contributed by atoms with Crippen LogP contribution in [0.3, 0.4) is 0 Å². The first-order chi connectivity index (χ1) is 15.0. The lowest BCUT2D eigenvalue weighted by molar-refractivity contribution is 0.0955. The number of aryl methyl sites for hydroxylation is 2. The summed E-state index contributed by atoms with van der Waals surface area (Å²) in [6, 6.07) is 20.4. The van der Waals surface area contributed by atoms with Crippen molar-refractivity contribution >= 4 is 23.7 Å². The predicted octanol–water partition coefficient (Wildman–Crippen LogP) is 5.57. The van der Waals surface area contributed by atoms with Gasteiger partial charge in [-0.05, 0) is 61.4 Å².